The van der Waals surface area contributed by atoms with Gasteiger partial charge in [0, 0.05) is 25.2 Å². The monoisotopic (exact) mass is 371 g/mol. The summed E-state index contributed by atoms with van der Waals surface area (Å²) in [5, 5.41) is 11.5. The number of aryl methyl sites for hydroxylation is 2. The van der Waals surface area contributed by atoms with Gasteiger partial charge in [0.05, 0.1) is 5.69 Å². The van der Waals surface area contributed by atoms with Gasteiger partial charge in [-0.2, -0.15) is 0 Å². The molecule has 0 bridgehead atoms. The van der Waals surface area contributed by atoms with Gasteiger partial charge >= 0.3 is 0 Å². The van der Waals surface area contributed by atoms with E-state index in [9.17, 15) is 0 Å². The first-order valence-corrected chi connectivity index (χ1v) is 9.97. The van der Waals surface area contributed by atoms with Crippen LogP contribution in [0.3, 0.4) is 0 Å². The Morgan fingerprint density at radius 3 is 2.25 bits per heavy atom. The van der Waals surface area contributed by atoms with Crippen LogP contribution in [-0.4, -0.2) is 20.1 Å². The zero-order chi connectivity index (χ0) is 20.1. The molecule has 0 aliphatic heterocycles. The van der Waals surface area contributed by atoms with Crippen LogP contribution in [0.15, 0.2) is 54.6 Å². The predicted octanol–water partition coefficient (Wildman–Crippen LogP) is 5.74. The van der Waals surface area contributed by atoms with Crippen LogP contribution in [0.4, 0.5) is 11.4 Å². The molecule has 1 N–H and O–H groups in total. The van der Waals surface area contributed by atoms with Crippen LogP contribution in [0.25, 0.3) is 10.8 Å². The molecule has 0 unspecified atom stereocenters. The second kappa shape index (κ2) is 6.66. The first kappa shape index (κ1) is 18.5. The summed E-state index contributed by atoms with van der Waals surface area (Å²) in [5.74, 6) is 0.463. The van der Waals surface area contributed by atoms with Crippen LogP contribution in [-0.2, 0) is 18.3 Å². The summed E-state index contributed by atoms with van der Waals surface area (Å²) in [4.78, 5) is 3.95. The maximum Gasteiger partial charge on any atom is 0.202 e. The van der Waals surface area contributed by atoms with E-state index in [0.29, 0.717) is 5.96 Å². The Morgan fingerprint density at radius 2 is 1.54 bits per heavy atom. The van der Waals surface area contributed by atoms with E-state index in [4.69, 9.17) is 5.41 Å². The summed E-state index contributed by atoms with van der Waals surface area (Å²) < 4.78 is 0. The number of hydrogen-bond acceptors (Lipinski definition) is 1. The van der Waals surface area contributed by atoms with E-state index in [1.54, 1.807) is 0 Å². The number of nitrogens with zero attached hydrogens (tertiary/aromatic N) is 2. The number of rotatable bonds is 2. The molecular weight excluding hydrogens is 342 g/mol. The first-order chi connectivity index (χ1) is 13.3. The van der Waals surface area contributed by atoms with Gasteiger partial charge in [0.1, 0.15) is 0 Å². The van der Waals surface area contributed by atoms with Gasteiger partial charge in [0.15, 0.2) is 0 Å². The van der Waals surface area contributed by atoms with Crippen molar-refractivity contribution in [3.05, 3.63) is 71.3 Å². The van der Waals surface area contributed by atoms with Crippen molar-refractivity contribution >= 4 is 28.1 Å². The number of hydrogen-bond donors (Lipinski definition) is 1. The van der Waals surface area contributed by atoms with Gasteiger partial charge in [-0.25, -0.2) is 0 Å². The van der Waals surface area contributed by atoms with E-state index in [-0.39, 0.29) is 5.41 Å². The van der Waals surface area contributed by atoms with E-state index in [2.05, 4.69) is 75.4 Å². The van der Waals surface area contributed by atoms with Crippen LogP contribution < -0.4 is 9.80 Å². The molecule has 0 saturated heterocycles. The third kappa shape index (κ3) is 3.05. The number of nitrogens with one attached hydrogen (secondary N) is 1. The molecule has 4 rings (SSSR count). The Bertz CT molecular complexity index is 1050. The van der Waals surface area contributed by atoms with E-state index >= 15 is 0 Å². The highest BCUT2D eigenvalue weighted by atomic mass is 15.3. The lowest BCUT2D eigenvalue weighted by Crippen LogP contribution is -2.39. The third-order valence-corrected chi connectivity index (χ3v) is 5.95. The molecule has 3 aromatic rings. The van der Waals surface area contributed by atoms with Gasteiger partial charge in [0.2, 0.25) is 5.96 Å². The number of benzene rings is 3. The third-order valence-electron chi connectivity index (χ3n) is 5.95. The number of anilines is 2. The second-order valence-corrected chi connectivity index (χ2v) is 8.83. The molecule has 1 aliphatic carbocycles. The fourth-order valence-electron chi connectivity index (χ4n) is 4.17. The molecule has 0 aromatic heterocycles. The minimum absolute atomic E-state index is 0.0859. The Hall–Kier alpha value is -2.81. The standard InChI is InChI=1S/C25H29N3/c1-25(2,3)19-9-7-10-20(16-19)27(4)24(26)28(5)22-15-14-18-13-12-17-8-6-11-21(22)23(17)18/h6-11,14-16,26H,12-13H2,1-5H3. The molecule has 0 fully saturated rings. The summed E-state index contributed by atoms with van der Waals surface area (Å²) in [6.45, 7) is 6.66. The normalized spacial score (nSPS) is 13.0. The minimum Gasteiger partial charge on any atom is -0.316 e. The Kier molecular flexibility index (Phi) is 4.41. The Labute approximate surface area is 168 Å². The molecule has 0 saturated carbocycles. The van der Waals surface area contributed by atoms with E-state index in [1.165, 1.54) is 27.5 Å². The Balaban J connectivity index is 1.69. The minimum atomic E-state index is 0.0859. The second-order valence-electron chi connectivity index (χ2n) is 8.83. The van der Waals surface area contributed by atoms with Crippen molar-refractivity contribution in [2.75, 3.05) is 23.9 Å². The van der Waals surface area contributed by atoms with E-state index < -0.39 is 0 Å². The number of guanidine groups is 1. The highest BCUT2D eigenvalue weighted by Gasteiger charge is 2.21. The lowest BCUT2D eigenvalue weighted by atomic mass is 9.87. The van der Waals surface area contributed by atoms with Crippen molar-refractivity contribution in [1.29, 1.82) is 5.41 Å². The Morgan fingerprint density at radius 1 is 0.857 bits per heavy atom. The quantitative estimate of drug-likeness (QED) is 0.460. The van der Waals surface area contributed by atoms with Gasteiger partial charge < -0.3 is 9.80 Å². The van der Waals surface area contributed by atoms with Crippen LogP contribution in [0.2, 0.25) is 0 Å². The zero-order valence-electron chi connectivity index (χ0n) is 17.5. The zero-order valence-corrected chi connectivity index (χ0v) is 17.5. The molecule has 0 radical (unpaired) electrons. The molecule has 0 spiro atoms. The molecule has 1 aliphatic rings. The molecule has 0 amide bonds. The molecule has 3 nitrogen and oxygen atoms in total. The first-order valence-electron chi connectivity index (χ1n) is 9.97. The van der Waals surface area contributed by atoms with E-state index in [0.717, 1.165) is 24.2 Å². The summed E-state index contributed by atoms with van der Waals surface area (Å²) in [7, 11) is 3.96. The highest BCUT2D eigenvalue weighted by molar-refractivity contribution is 6.10. The fourth-order valence-corrected chi connectivity index (χ4v) is 4.17. The van der Waals surface area contributed by atoms with Crippen molar-refractivity contribution < 1.29 is 0 Å². The van der Waals surface area contributed by atoms with Gasteiger partial charge in [0.25, 0.3) is 0 Å². The largest absolute Gasteiger partial charge is 0.316 e. The summed E-state index contributed by atoms with van der Waals surface area (Å²) in [5.41, 5.74) is 6.35. The van der Waals surface area contributed by atoms with Crippen LogP contribution in [0.1, 0.15) is 37.5 Å². The lowest BCUT2D eigenvalue weighted by Gasteiger charge is -2.30. The molecule has 28 heavy (non-hydrogen) atoms. The van der Waals surface area contributed by atoms with Crippen molar-refractivity contribution in [3.63, 3.8) is 0 Å². The van der Waals surface area contributed by atoms with E-state index in [1.807, 2.05) is 23.9 Å². The van der Waals surface area contributed by atoms with Crippen LogP contribution in [0, 0.1) is 5.41 Å². The van der Waals surface area contributed by atoms with Crippen molar-refractivity contribution in [2.45, 2.75) is 39.0 Å². The van der Waals surface area contributed by atoms with Gasteiger partial charge in [-0.3, -0.25) is 5.41 Å². The van der Waals surface area contributed by atoms with Crippen LogP contribution >= 0.6 is 0 Å². The molecule has 144 valence electrons. The maximum atomic E-state index is 8.85. The lowest BCUT2D eigenvalue weighted by molar-refractivity contribution is 0.590. The summed E-state index contributed by atoms with van der Waals surface area (Å²) in [6.07, 6.45) is 2.24. The average Bonchev–Trinajstić information content (AvgIpc) is 3.11. The average molecular weight is 372 g/mol. The molecule has 3 heteroatoms. The molecular formula is C25H29N3. The van der Waals surface area contributed by atoms with Gasteiger partial charge in [-0.05, 0) is 58.5 Å². The van der Waals surface area contributed by atoms with Gasteiger partial charge in [-0.15, -0.1) is 0 Å². The van der Waals surface area contributed by atoms with Gasteiger partial charge in [-0.1, -0.05) is 57.2 Å². The fraction of sp³-hybridized carbons (Fsp3) is 0.320. The summed E-state index contributed by atoms with van der Waals surface area (Å²) >= 11 is 0. The highest BCUT2D eigenvalue weighted by Crippen LogP contribution is 2.36. The molecule has 3 aromatic carbocycles. The topological polar surface area (TPSA) is 30.3 Å². The van der Waals surface area contributed by atoms with Crippen molar-refractivity contribution in [3.8, 4) is 0 Å². The van der Waals surface area contributed by atoms with Crippen molar-refractivity contribution in [2.24, 2.45) is 0 Å². The molecule has 0 atom stereocenters. The maximum absolute atomic E-state index is 8.85. The smallest absolute Gasteiger partial charge is 0.202 e. The SMILES string of the molecule is CN(C(=N)N(C)c1ccc2c3c(cccc13)CC2)c1cccc(C(C)(C)C)c1. The summed E-state index contributed by atoms with van der Waals surface area (Å²) in [6, 6.07) is 19.5. The van der Waals surface area contributed by atoms with Crippen molar-refractivity contribution in [1.82, 2.24) is 0 Å². The predicted molar refractivity (Wildman–Crippen MR) is 121 cm³/mol. The van der Waals surface area contributed by atoms with Crippen LogP contribution in [0.5, 0.6) is 0 Å². The molecule has 0 heterocycles.